The predicted octanol–water partition coefficient (Wildman–Crippen LogP) is 1.38. The summed E-state index contributed by atoms with van der Waals surface area (Å²) in [6, 6.07) is 10.2. The summed E-state index contributed by atoms with van der Waals surface area (Å²) in [5.41, 5.74) is 7.15. The fourth-order valence-corrected chi connectivity index (χ4v) is 2.96. The molecule has 0 spiro atoms. The van der Waals surface area contributed by atoms with Gasteiger partial charge in [0.2, 0.25) is 5.91 Å². The van der Waals surface area contributed by atoms with E-state index in [0.717, 1.165) is 31.5 Å². The molecule has 0 unspecified atom stereocenters. The minimum Gasteiger partial charge on any atom is -0.380 e. The number of nitrogens with two attached hydrogens (primary N) is 1. The van der Waals surface area contributed by atoms with Gasteiger partial charge >= 0.3 is 0 Å². The van der Waals surface area contributed by atoms with Crippen molar-refractivity contribution in [2.45, 2.75) is 31.4 Å². The number of likely N-dealkylation sites (N-methyl/N-ethyl adjacent to an activating group) is 1. The summed E-state index contributed by atoms with van der Waals surface area (Å²) in [6.45, 7) is 1.43. The lowest BCUT2D eigenvalue weighted by molar-refractivity contribution is -0.127. The molecule has 1 fully saturated rings. The van der Waals surface area contributed by atoms with Gasteiger partial charge in [-0.3, -0.25) is 4.79 Å². The van der Waals surface area contributed by atoms with Crippen molar-refractivity contribution < 1.29 is 9.53 Å². The van der Waals surface area contributed by atoms with Gasteiger partial charge in [-0.05, 0) is 31.4 Å². The lowest BCUT2D eigenvalue weighted by Gasteiger charge is -2.32. The Hall–Kier alpha value is -1.59. The maximum absolute atomic E-state index is 12.3. The maximum Gasteiger partial charge on any atom is 0.223 e. The molecule has 22 heavy (non-hydrogen) atoms. The van der Waals surface area contributed by atoms with Gasteiger partial charge in [0.1, 0.15) is 0 Å². The van der Waals surface area contributed by atoms with Crippen LogP contribution in [-0.4, -0.2) is 45.3 Å². The Morgan fingerprint density at radius 1 is 1.36 bits per heavy atom. The molecule has 1 aliphatic rings. The van der Waals surface area contributed by atoms with Crippen LogP contribution in [0.15, 0.2) is 30.3 Å². The van der Waals surface area contributed by atoms with Gasteiger partial charge in [0.25, 0.3) is 0 Å². The van der Waals surface area contributed by atoms with Crippen LogP contribution in [0.5, 0.6) is 0 Å². The van der Waals surface area contributed by atoms with Crippen molar-refractivity contribution in [1.29, 1.82) is 0 Å². The zero-order valence-corrected chi connectivity index (χ0v) is 13.5. The largest absolute Gasteiger partial charge is 0.380 e. The van der Waals surface area contributed by atoms with Gasteiger partial charge in [-0.15, -0.1) is 0 Å². The molecule has 0 saturated heterocycles. The van der Waals surface area contributed by atoms with Crippen molar-refractivity contribution in [1.82, 2.24) is 5.32 Å². The first-order valence-corrected chi connectivity index (χ1v) is 7.94. The predicted molar refractivity (Wildman–Crippen MR) is 88.8 cm³/mol. The van der Waals surface area contributed by atoms with E-state index in [2.05, 4.69) is 22.3 Å². The highest BCUT2D eigenvalue weighted by Gasteiger charge is 2.31. The van der Waals surface area contributed by atoms with E-state index in [1.807, 2.05) is 25.2 Å². The third-order valence-electron chi connectivity index (χ3n) is 4.46. The van der Waals surface area contributed by atoms with E-state index in [0.29, 0.717) is 6.54 Å². The quantitative estimate of drug-likeness (QED) is 0.833. The summed E-state index contributed by atoms with van der Waals surface area (Å²) in [6.07, 6.45) is 2.41. The van der Waals surface area contributed by atoms with Crippen LogP contribution in [-0.2, 0) is 9.53 Å². The highest BCUT2D eigenvalue weighted by atomic mass is 16.5. The molecule has 2 rings (SSSR count). The number of ether oxygens (including phenoxy) is 1. The molecule has 1 aromatic carbocycles. The Bertz CT molecular complexity index is 466. The third-order valence-corrected chi connectivity index (χ3v) is 4.46. The molecule has 0 heterocycles. The SMILES string of the molecule is CO[C@H]1C[C@@H](C(=O)NCCN(C)c2ccccc2)CC[C@@H]1N. The number of anilines is 1. The zero-order valence-electron chi connectivity index (χ0n) is 13.5. The molecule has 122 valence electrons. The number of hydrogen-bond acceptors (Lipinski definition) is 4. The van der Waals surface area contributed by atoms with Gasteiger partial charge in [-0.2, -0.15) is 0 Å². The van der Waals surface area contributed by atoms with E-state index in [1.54, 1.807) is 7.11 Å². The van der Waals surface area contributed by atoms with Gasteiger partial charge in [0.15, 0.2) is 0 Å². The average molecular weight is 305 g/mol. The van der Waals surface area contributed by atoms with E-state index >= 15 is 0 Å². The van der Waals surface area contributed by atoms with Gasteiger partial charge < -0.3 is 20.7 Å². The molecule has 1 aliphatic carbocycles. The highest BCUT2D eigenvalue weighted by molar-refractivity contribution is 5.78. The van der Waals surface area contributed by atoms with Crippen LogP contribution in [0.25, 0.3) is 0 Å². The second-order valence-electron chi connectivity index (χ2n) is 6.00. The van der Waals surface area contributed by atoms with Crippen LogP contribution in [0.3, 0.4) is 0 Å². The Morgan fingerprint density at radius 2 is 2.09 bits per heavy atom. The third kappa shape index (κ3) is 4.45. The molecular formula is C17H27N3O2. The van der Waals surface area contributed by atoms with Crippen molar-refractivity contribution >= 4 is 11.6 Å². The van der Waals surface area contributed by atoms with Gasteiger partial charge in [-0.25, -0.2) is 0 Å². The van der Waals surface area contributed by atoms with Crippen LogP contribution in [0.4, 0.5) is 5.69 Å². The Kier molecular flexibility index (Phi) is 6.21. The lowest BCUT2D eigenvalue weighted by Crippen LogP contribution is -2.46. The molecule has 5 nitrogen and oxygen atoms in total. The first kappa shape index (κ1) is 16.8. The van der Waals surface area contributed by atoms with E-state index in [1.165, 1.54) is 0 Å². The van der Waals surface area contributed by atoms with Crippen molar-refractivity contribution in [3.63, 3.8) is 0 Å². The monoisotopic (exact) mass is 305 g/mol. The van der Waals surface area contributed by atoms with Crippen molar-refractivity contribution in [3.05, 3.63) is 30.3 Å². The Balaban J connectivity index is 1.74. The second kappa shape index (κ2) is 8.15. The van der Waals surface area contributed by atoms with Crippen LogP contribution in [0, 0.1) is 5.92 Å². The number of hydrogen-bond donors (Lipinski definition) is 2. The van der Waals surface area contributed by atoms with E-state index in [9.17, 15) is 4.79 Å². The van der Waals surface area contributed by atoms with E-state index in [-0.39, 0.29) is 24.0 Å². The molecule has 0 bridgehead atoms. The molecule has 1 amide bonds. The molecule has 0 aromatic heterocycles. The number of nitrogens with zero attached hydrogens (tertiary/aromatic N) is 1. The van der Waals surface area contributed by atoms with Gasteiger partial charge in [-0.1, -0.05) is 18.2 Å². The smallest absolute Gasteiger partial charge is 0.223 e. The highest BCUT2D eigenvalue weighted by Crippen LogP contribution is 2.25. The minimum atomic E-state index is -0.00325. The summed E-state index contributed by atoms with van der Waals surface area (Å²) in [4.78, 5) is 14.4. The van der Waals surface area contributed by atoms with Crippen molar-refractivity contribution in [2.75, 3.05) is 32.1 Å². The number of carbonyl (C=O) groups is 1. The molecular weight excluding hydrogens is 278 g/mol. The molecule has 3 atom stereocenters. The number of rotatable bonds is 6. The topological polar surface area (TPSA) is 67.6 Å². The van der Waals surface area contributed by atoms with Crippen molar-refractivity contribution in [3.8, 4) is 0 Å². The van der Waals surface area contributed by atoms with Crippen LogP contribution in [0.1, 0.15) is 19.3 Å². The summed E-state index contributed by atoms with van der Waals surface area (Å²) in [7, 11) is 3.70. The summed E-state index contributed by atoms with van der Waals surface area (Å²) in [5.74, 6) is 0.141. The summed E-state index contributed by atoms with van der Waals surface area (Å²) in [5, 5.41) is 3.04. The van der Waals surface area contributed by atoms with Crippen LogP contribution >= 0.6 is 0 Å². The molecule has 0 radical (unpaired) electrons. The molecule has 5 heteroatoms. The Labute approximate surface area is 132 Å². The normalized spacial score (nSPS) is 24.8. The van der Waals surface area contributed by atoms with Crippen LogP contribution < -0.4 is 16.0 Å². The fraction of sp³-hybridized carbons (Fsp3) is 0.588. The number of nitrogens with one attached hydrogen (secondary N) is 1. The molecule has 1 aromatic rings. The molecule has 3 N–H and O–H groups in total. The number of methoxy groups -OCH3 is 1. The molecule has 1 saturated carbocycles. The zero-order chi connectivity index (χ0) is 15.9. The average Bonchev–Trinajstić information content (AvgIpc) is 2.55. The summed E-state index contributed by atoms with van der Waals surface area (Å²) < 4.78 is 5.37. The number of para-hydroxylation sites is 1. The maximum atomic E-state index is 12.3. The minimum absolute atomic E-state index is 0.00325. The van der Waals surface area contributed by atoms with E-state index < -0.39 is 0 Å². The number of benzene rings is 1. The Morgan fingerprint density at radius 3 is 2.77 bits per heavy atom. The van der Waals surface area contributed by atoms with Crippen LogP contribution in [0.2, 0.25) is 0 Å². The standard InChI is InChI=1S/C17H27N3O2/c1-20(14-6-4-3-5-7-14)11-10-19-17(21)13-8-9-15(18)16(12-13)22-2/h3-7,13,15-16H,8-12,18H2,1-2H3,(H,19,21)/t13-,15-,16-/m0/s1. The first-order valence-electron chi connectivity index (χ1n) is 7.94. The number of amides is 1. The first-order chi connectivity index (χ1) is 10.6. The van der Waals surface area contributed by atoms with Crippen molar-refractivity contribution in [2.24, 2.45) is 11.7 Å². The van der Waals surface area contributed by atoms with Gasteiger partial charge in [0, 0.05) is 44.9 Å². The van der Waals surface area contributed by atoms with E-state index in [4.69, 9.17) is 10.5 Å². The second-order valence-corrected chi connectivity index (χ2v) is 6.00. The lowest BCUT2D eigenvalue weighted by atomic mass is 9.83. The fourth-order valence-electron chi connectivity index (χ4n) is 2.96. The summed E-state index contributed by atoms with van der Waals surface area (Å²) >= 11 is 0. The molecule has 0 aliphatic heterocycles. The number of carbonyl (C=O) groups excluding carboxylic acids is 1. The van der Waals surface area contributed by atoms with Gasteiger partial charge in [0.05, 0.1) is 6.10 Å².